The number of nitrogens with zero attached hydrogens (tertiary/aromatic N) is 2. The molecule has 0 saturated carbocycles. The second kappa shape index (κ2) is 3.46. The van der Waals surface area contributed by atoms with E-state index in [1.54, 1.807) is 0 Å². The Morgan fingerprint density at radius 3 is 2.92 bits per heavy atom. The molecule has 1 heterocycles. The summed E-state index contributed by atoms with van der Waals surface area (Å²) >= 11 is 9.49. The van der Waals surface area contributed by atoms with Crippen molar-refractivity contribution in [1.29, 1.82) is 0 Å². The van der Waals surface area contributed by atoms with E-state index in [-0.39, 0.29) is 5.38 Å². The van der Waals surface area contributed by atoms with Gasteiger partial charge in [-0.05, 0) is 34.3 Å². The van der Waals surface area contributed by atoms with Crippen molar-refractivity contribution in [2.75, 3.05) is 0 Å². The van der Waals surface area contributed by atoms with E-state index in [0.717, 1.165) is 23.0 Å². The molecule has 0 N–H and O–H groups in total. The van der Waals surface area contributed by atoms with Crippen LogP contribution in [0.25, 0.3) is 5.57 Å². The monoisotopic (exact) mass is 260 g/mol. The fraction of sp³-hybridized carbons (Fsp3) is 0.444. The zero-order valence-electron chi connectivity index (χ0n) is 7.30. The molecule has 70 valence electrons. The fourth-order valence-electron chi connectivity index (χ4n) is 1.65. The maximum absolute atomic E-state index is 6.01. The van der Waals surface area contributed by atoms with Gasteiger partial charge in [0.15, 0.2) is 0 Å². The van der Waals surface area contributed by atoms with Gasteiger partial charge in [-0.3, -0.25) is 4.68 Å². The summed E-state index contributed by atoms with van der Waals surface area (Å²) < 4.78 is 2.93. The van der Waals surface area contributed by atoms with E-state index in [9.17, 15) is 0 Å². The summed E-state index contributed by atoms with van der Waals surface area (Å²) in [4.78, 5) is 0. The minimum absolute atomic E-state index is 0.191. The molecule has 0 aromatic carbocycles. The molecule has 4 heteroatoms. The van der Waals surface area contributed by atoms with Crippen LogP contribution in [0.1, 0.15) is 18.5 Å². The van der Waals surface area contributed by atoms with Crippen molar-refractivity contribution in [2.45, 2.75) is 18.2 Å². The molecule has 2 rings (SSSR count). The molecule has 0 fully saturated rings. The second-order valence-electron chi connectivity index (χ2n) is 3.21. The molecule has 1 unspecified atom stereocenters. The van der Waals surface area contributed by atoms with Crippen LogP contribution in [0.3, 0.4) is 0 Å². The number of hydrogen-bond donors (Lipinski definition) is 0. The molecule has 0 saturated heterocycles. The van der Waals surface area contributed by atoms with Crippen LogP contribution in [0.5, 0.6) is 0 Å². The van der Waals surface area contributed by atoms with E-state index in [4.69, 9.17) is 11.6 Å². The topological polar surface area (TPSA) is 17.8 Å². The van der Waals surface area contributed by atoms with Gasteiger partial charge in [0.1, 0.15) is 0 Å². The molecular weight excluding hydrogens is 251 g/mol. The van der Waals surface area contributed by atoms with Gasteiger partial charge in [-0.2, -0.15) is 5.10 Å². The first-order valence-corrected chi connectivity index (χ1v) is 5.44. The summed E-state index contributed by atoms with van der Waals surface area (Å²) in [5.41, 5.74) is 2.45. The fourth-order valence-corrected chi connectivity index (χ4v) is 2.51. The van der Waals surface area contributed by atoms with Crippen LogP contribution in [-0.4, -0.2) is 15.2 Å². The zero-order chi connectivity index (χ0) is 9.42. The first kappa shape index (κ1) is 9.28. The molecule has 1 aromatic rings. The molecule has 0 bridgehead atoms. The highest BCUT2D eigenvalue weighted by atomic mass is 79.9. The Hall–Kier alpha value is -0.280. The highest BCUT2D eigenvalue weighted by Crippen LogP contribution is 2.33. The number of alkyl halides is 1. The average molecular weight is 262 g/mol. The third-order valence-corrected chi connectivity index (χ3v) is 3.19. The lowest BCUT2D eigenvalue weighted by atomic mass is 10.2. The normalized spacial score (nSPS) is 22.1. The van der Waals surface area contributed by atoms with Gasteiger partial charge in [0.05, 0.1) is 21.7 Å². The summed E-state index contributed by atoms with van der Waals surface area (Å²) in [6.07, 6.45) is 6.02. The van der Waals surface area contributed by atoms with Crippen molar-refractivity contribution in [3.05, 3.63) is 22.4 Å². The Bertz CT molecular complexity index is 337. The summed E-state index contributed by atoms with van der Waals surface area (Å²) in [6.45, 7) is 0. The van der Waals surface area contributed by atoms with Crippen LogP contribution in [0.4, 0.5) is 0 Å². The Balaban J connectivity index is 2.40. The Morgan fingerprint density at radius 2 is 2.46 bits per heavy atom. The predicted octanol–water partition coefficient (Wildman–Crippen LogP) is 2.97. The predicted molar refractivity (Wildman–Crippen MR) is 57.8 cm³/mol. The average Bonchev–Trinajstić information content (AvgIpc) is 2.60. The van der Waals surface area contributed by atoms with Gasteiger partial charge in [-0.25, -0.2) is 0 Å². The van der Waals surface area contributed by atoms with E-state index in [2.05, 4.69) is 27.1 Å². The van der Waals surface area contributed by atoms with Crippen LogP contribution >= 0.6 is 27.5 Å². The van der Waals surface area contributed by atoms with E-state index in [1.807, 2.05) is 17.9 Å². The maximum Gasteiger partial charge on any atom is 0.0778 e. The van der Waals surface area contributed by atoms with Crippen LogP contribution in [-0.2, 0) is 7.05 Å². The highest BCUT2D eigenvalue weighted by molar-refractivity contribution is 9.10. The lowest BCUT2D eigenvalue weighted by molar-refractivity contribution is 0.752. The summed E-state index contributed by atoms with van der Waals surface area (Å²) in [5, 5.41) is 4.36. The van der Waals surface area contributed by atoms with Gasteiger partial charge in [0, 0.05) is 7.05 Å². The summed E-state index contributed by atoms with van der Waals surface area (Å²) in [5.74, 6) is 0. The number of allylic oxidation sites excluding steroid dienone is 2. The van der Waals surface area contributed by atoms with E-state index < -0.39 is 0 Å². The number of rotatable bonds is 1. The van der Waals surface area contributed by atoms with Crippen molar-refractivity contribution in [2.24, 2.45) is 7.05 Å². The SMILES string of the molecule is Cn1ncc(Br)c1C1=CC(Cl)CC1. The smallest absolute Gasteiger partial charge is 0.0778 e. The van der Waals surface area contributed by atoms with Gasteiger partial charge in [0.2, 0.25) is 0 Å². The summed E-state index contributed by atoms with van der Waals surface area (Å²) in [7, 11) is 1.95. The molecule has 0 aliphatic heterocycles. The van der Waals surface area contributed by atoms with E-state index in [1.165, 1.54) is 5.57 Å². The van der Waals surface area contributed by atoms with E-state index in [0.29, 0.717) is 0 Å². The van der Waals surface area contributed by atoms with Crippen molar-refractivity contribution >= 4 is 33.1 Å². The Labute approximate surface area is 90.7 Å². The van der Waals surface area contributed by atoms with E-state index >= 15 is 0 Å². The maximum atomic E-state index is 6.01. The molecule has 0 spiro atoms. The number of aromatic nitrogens is 2. The molecule has 0 radical (unpaired) electrons. The number of halogens is 2. The zero-order valence-corrected chi connectivity index (χ0v) is 9.64. The van der Waals surface area contributed by atoms with Gasteiger partial charge >= 0.3 is 0 Å². The van der Waals surface area contributed by atoms with Gasteiger partial charge in [-0.15, -0.1) is 11.6 Å². The molecule has 13 heavy (non-hydrogen) atoms. The minimum atomic E-state index is 0.191. The van der Waals surface area contributed by atoms with Crippen molar-refractivity contribution < 1.29 is 0 Å². The van der Waals surface area contributed by atoms with Crippen LogP contribution < -0.4 is 0 Å². The van der Waals surface area contributed by atoms with Gasteiger partial charge in [-0.1, -0.05) is 6.08 Å². The number of aryl methyl sites for hydroxylation is 1. The highest BCUT2D eigenvalue weighted by Gasteiger charge is 2.18. The first-order chi connectivity index (χ1) is 6.18. The molecule has 1 aliphatic carbocycles. The van der Waals surface area contributed by atoms with Gasteiger partial charge < -0.3 is 0 Å². The van der Waals surface area contributed by atoms with Crippen LogP contribution in [0.2, 0.25) is 0 Å². The Kier molecular flexibility index (Phi) is 2.47. The van der Waals surface area contributed by atoms with Crippen LogP contribution in [0.15, 0.2) is 16.7 Å². The third-order valence-electron chi connectivity index (χ3n) is 2.27. The quantitative estimate of drug-likeness (QED) is 0.711. The molecule has 1 aliphatic rings. The lowest BCUT2D eigenvalue weighted by Gasteiger charge is -2.02. The molecule has 1 atom stereocenters. The first-order valence-electron chi connectivity index (χ1n) is 4.21. The standard InChI is InChI=1S/C9H10BrClN2/c1-13-9(8(10)5-12-13)6-2-3-7(11)4-6/h4-5,7H,2-3H2,1H3. The minimum Gasteiger partial charge on any atom is -0.267 e. The van der Waals surface area contributed by atoms with Gasteiger partial charge in [0.25, 0.3) is 0 Å². The second-order valence-corrected chi connectivity index (χ2v) is 4.63. The van der Waals surface area contributed by atoms with Crippen LogP contribution in [0, 0.1) is 0 Å². The lowest BCUT2D eigenvalue weighted by Crippen LogP contribution is -1.96. The molecule has 1 aromatic heterocycles. The third kappa shape index (κ3) is 1.67. The van der Waals surface area contributed by atoms with Crippen molar-refractivity contribution in [3.63, 3.8) is 0 Å². The summed E-state index contributed by atoms with van der Waals surface area (Å²) in [6, 6.07) is 0. The van der Waals surface area contributed by atoms with Crippen molar-refractivity contribution in [3.8, 4) is 0 Å². The Morgan fingerprint density at radius 1 is 1.69 bits per heavy atom. The molecular formula is C9H10BrClN2. The molecule has 0 amide bonds. The van der Waals surface area contributed by atoms with Crippen molar-refractivity contribution in [1.82, 2.24) is 9.78 Å². The largest absolute Gasteiger partial charge is 0.267 e. The number of hydrogen-bond acceptors (Lipinski definition) is 1. The molecule has 2 nitrogen and oxygen atoms in total.